The van der Waals surface area contributed by atoms with Gasteiger partial charge in [0.1, 0.15) is 11.6 Å². The molecule has 1 aromatic carbocycles. The van der Waals surface area contributed by atoms with Gasteiger partial charge in [-0.25, -0.2) is 9.97 Å². The first-order valence-electron chi connectivity index (χ1n) is 11.6. The van der Waals surface area contributed by atoms with Gasteiger partial charge < -0.3 is 15.8 Å². The van der Waals surface area contributed by atoms with E-state index in [1.54, 1.807) is 12.1 Å². The normalized spacial score (nSPS) is 15.9. The van der Waals surface area contributed by atoms with Crippen molar-refractivity contribution in [3.05, 3.63) is 82.2 Å². The maximum absolute atomic E-state index is 13.0. The number of carbonyl (C=O) groups excluding carboxylic acids is 1. The molecule has 188 valence electrons. The number of ether oxygens (including phenoxy) is 1. The van der Waals surface area contributed by atoms with E-state index in [0.717, 1.165) is 42.9 Å². The first-order valence-corrected chi connectivity index (χ1v) is 11.6. The minimum Gasteiger partial charge on any atom is -0.439 e. The van der Waals surface area contributed by atoms with E-state index in [1.807, 2.05) is 25.1 Å². The highest BCUT2D eigenvalue weighted by Crippen LogP contribution is 2.33. The van der Waals surface area contributed by atoms with Gasteiger partial charge in [-0.15, -0.1) is 0 Å². The molecule has 0 bridgehead atoms. The molecule has 0 saturated heterocycles. The van der Waals surface area contributed by atoms with Crippen LogP contribution in [0.1, 0.15) is 58.4 Å². The number of aromatic nitrogens is 2. The van der Waals surface area contributed by atoms with Crippen LogP contribution >= 0.6 is 0 Å². The number of nitrogens with two attached hydrogens (primary N) is 1. The predicted octanol–water partition coefficient (Wildman–Crippen LogP) is 6.24. The van der Waals surface area contributed by atoms with E-state index < -0.39 is 11.7 Å². The molecule has 1 saturated carbocycles. The van der Waals surface area contributed by atoms with Gasteiger partial charge >= 0.3 is 6.18 Å². The first kappa shape index (κ1) is 25.2. The molecule has 2 heterocycles. The summed E-state index contributed by atoms with van der Waals surface area (Å²) in [6.07, 6.45) is 2.46. The average Bonchev–Trinajstić information content (AvgIpc) is 2.81. The van der Waals surface area contributed by atoms with E-state index in [9.17, 15) is 18.0 Å². The Morgan fingerprint density at radius 1 is 1.14 bits per heavy atom. The minimum atomic E-state index is -4.45. The molecule has 1 aliphatic rings. The van der Waals surface area contributed by atoms with Gasteiger partial charge in [-0.3, -0.25) is 4.79 Å². The number of halogens is 3. The largest absolute Gasteiger partial charge is 0.439 e. The van der Waals surface area contributed by atoms with Gasteiger partial charge in [-0.05, 0) is 74.9 Å². The number of aryl methyl sites for hydroxylation is 2. The van der Waals surface area contributed by atoms with Crippen molar-refractivity contribution in [2.75, 3.05) is 5.73 Å². The molecule has 36 heavy (non-hydrogen) atoms. The van der Waals surface area contributed by atoms with Crippen molar-refractivity contribution in [2.45, 2.75) is 51.7 Å². The molecule has 3 aromatic rings. The maximum Gasteiger partial charge on any atom is 0.418 e. The standard InChI is InChI=1S/C27H27F3N4O2/c1-16-12-20(15-32-25(16)31)26(35)34-21-8-6-18(7-9-21)13-19-4-3-5-22(14-19)36-24-11-10-23(17(2)33-24)27(28,29)30/h3-5,10-15,21H,6-9H2,1-2H3,(H2,31,32)(H,34,35). The van der Waals surface area contributed by atoms with E-state index in [1.165, 1.54) is 24.8 Å². The van der Waals surface area contributed by atoms with Crippen molar-refractivity contribution < 1.29 is 22.7 Å². The van der Waals surface area contributed by atoms with Crippen LogP contribution in [0.25, 0.3) is 6.08 Å². The number of rotatable bonds is 5. The molecule has 0 atom stereocenters. The molecular formula is C27H27F3N4O2. The molecule has 1 amide bonds. The lowest BCUT2D eigenvalue weighted by atomic mass is 9.89. The number of nitrogens with zero attached hydrogens (tertiary/aromatic N) is 2. The van der Waals surface area contributed by atoms with Crippen LogP contribution in [0.15, 0.2) is 54.2 Å². The van der Waals surface area contributed by atoms with Gasteiger partial charge in [0.25, 0.3) is 5.91 Å². The zero-order valence-electron chi connectivity index (χ0n) is 20.0. The van der Waals surface area contributed by atoms with E-state index >= 15 is 0 Å². The van der Waals surface area contributed by atoms with E-state index in [4.69, 9.17) is 10.5 Å². The van der Waals surface area contributed by atoms with Gasteiger partial charge in [0.2, 0.25) is 5.88 Å². The molecule has 0 aliphatic heterocycles. The summed E-state index contributed by atoms with van der Waals surface area (Å²) in [5.41, 5.74) is 8.27. The lowest BCUT2D eigenvalue weighted by molar-refractivity contribution is -0.138. The second-order valence-electron chi connectivity index (χ2n) is 8.93. The molecule has 1 aliphatic carbocycles. The third kappa shape index (κ3) is 6.21. The highest BCUT2D eigenvalue weighted by Gasteiger charge is 2.33. The molecule has 0 radical (unpaired) electrons. The minimum absolute atomic E-state index is 0.0798. The SMILES string of the molecule is Cc1cc(C(=O)NC2CCC(=Cc3cccc(Oc4ccc(C(F)(F)F)c(C)n4)c3)CC2)cnc1N. The van der Waals surface area contributed by atoms with Gasteiger partial charge in [-0.1, -0.05) is 23.8 Å². The highest BCUT2D eigenvalue weighted by atomic mass is 19.4. The summed E-state index contributed by atoms with van der Waals surface area (Å²) >= 11 is 0. The third-order valence-electron chi connectivity index (χ3n) is 6.16. The van der Waals surface area contributed by atoms with Crippen LogP contribution in [0.2, 0.25) is 0 Å². The van der Waals surface area contributed by atoms with E-state index in [-0.39, 0.29) is 23.5 Å². The Morgan fingerprint density at radius 3 is 2.56 bits per heavy atom. The topological polar surface area (TPSA) is 90.1 Å². The fourth-order valence-corrected chi connectivity index (χ4v) is 4.17. The van der Waals surface area contributed by atoms with Crippen molar-refractivity contribution in [3.63, 3.8) is 0 Å². The Kier molecular flexibility index (Phi) is 7.28. The lowest BCUT2D eigenvalue weighted by Gasteiger charge is -2.25. The summed E-state index contributed by atoms with van der Waals surface area (Å²) < 4.78 is 44.6. The second-order valence-corrected chi connectivity index (χ2v) is 8.93. The number of nitrogen functional groups attached to an aromatic ring is 1. The van der Waals surface area contributed by atoms with Crippen molar-refractivity contribution in [1.29, 1.82) is 0 Å². The van der Waals surface area contributed by atoms with Gasteiger partial charge in [0.15, 0.2) is 0 Å². The smallest absolute Gasteiger partial charge is 0.418 e. The predicted molar refractivity (Wildman–Crippen MR) is 132 cm³/mol. The van der Waals surface area contributed by atoms with Crippen molar-refractivity contribution >= 4 is 17.8 Å². The summed E-state index contributed by atoms with van der Waals surface area (Å²) in [5.74, 6) is 0.858. The second kappa shape index (κ2) is 10.4. The molecular weight excluding hydrogens is 469 g/mol. The number of carbonyl (C=O) groups is 1. The Labute approximate surface area is 207 Å². The van der Waals surface area contributed by atoms with Gasteiger partial charge in [0.05, 0.1) is 16.8 Å². The molecule has 2 aromatic heterocycles. The molecule has 3 N–H and O–H groups in total. The van der Waals surface area contributed by atoms with Gasteiger partial charge in [0, 0.05) is 18.3 Å². The number of allylic oxidation sites excluding steroid dienone is 1. The Balaban J connectivity index is 1.35. The number of pyridine rings is 2. The van der Waals surface area contributed by atoms with Crippen molar-refractivity contribution in [3.8, 4) is 11.6 Å². The highest BCUT2D eigenvalue weighted by molar-refractivity contribution is 5.94. The molecule has 0 spiro atoms. The Morgan fingerprint density at radius 2 is 1.89 bits per heavy atom. The number of amides is 1. The lowest BCUT2D eigenvalue weighted by Crippen LogP contribution is -2.36. The van der Waals surface area contributed by atoms with E-state index in [0.29, 0.717) is 17.1 Å². The molecule has 4 rings (SSSR count). The van der Waals surface area contributed by atoms with Crippen LogP contribution in [-0.2, 0) is 6.18 Å². The van der Waals surface area contributed by atoms with Crippen LogP contribution < -0.4 is 15.8 Å². The summed E-state index contributed by atoms with van der Waals surface area (Å²) in [4.78, 5) is 20.5. The van der Waals surface area contributed by atoms with Gasteiger partial charge in [-0.2, -0.15) is 13.2 Å². The number of hydrogen-bond donors (Lipinski definition) is 2. The van der Waals surface area contributed by atoms with Crippen LogP contribution in [-0.4, -0.2) is 21.9 Å². The summed E-state index contributed by atoms with van der Waals surface area (Å²) in [6.45, 7) is 3.13. The quantitative estimate of drug-likeness (QED) is 0.436. The van der Waals surface area contributed by atoms with Crippen LogP contribution in [0.5, 0.6) is 11.6 Å². The number of anilines is 1. The van der Waals surface area contributed by atoms with Crippen LogP contribution in [0.4, 0.5) is 19.0 Å². The van der Waals surface area contributed by atoms with Crippen molar-refractivity contribution in [1.82, 2.24) is 15.3 Å². The molecule has 9 heteroatoms. The average molecular weight is 497 g/mol. The zero-order valence-corrected chi connectivity index (χ0v) is 20.0. The monoisotopic (exact) mass is 496 g/mol. The number of alkyl halides is 3. The maximum atomic E-state index is 13.0. The summed E-state index contributed by atoms with van der Waals surface area (Å²) in [6, 6.07) is 11.3. The fraction of sp³-hybridized carbons (Fsp3) is 0.296. The number of benzene rings is 1. The summed E-state index contributed by atoms with van der Waals surface area (Å²) in [5, 5.41) is 3.08. The molecule has 0 unspecified atom stereocenters. The van der Waals surface area contributed by atoms with Crippen molar-refractivity contribution in [2.24, 2.45) is 0 Å². The number of nitrogens with one attached hydrogen (secondary N) is 1. The summed E-state index contributed by atoms with van der Waals surface area (Å²) in [7, 11) is 0. The fourth-order valence-electron chi connectivity index (χ4n) is 4.17. The van der Waals surface area contributed by atoms with E-state index in [2.05, 4.69) is 21.4 Å². The zero-order chi connectivity index (χ0) is 25.9. The molecule has 1 fully saturated rings. The number of hydrogen-bond acceptors (Lipinski definition) is 5. The van der Waals surface area contributed by atoms with Crippen LogP contribution in [0.3, 0.4) is 0 Å². The molecule has 6 nitrogen and oxygen atoms in total. The third-order valence-corrected chi connectivity index (χ3v) is 6.16. The Hall–Kier alpha value is -3.88. The Bertz CT molecular complexity index is 1290. The van der Waals surface area contributed by atoms with Crippen LogP contribution in [0, 0.1) is 13.8 Å². The first-order chi connectivity index (χ1) is 17.1.